The maximum Gasteiger partial charge on any atom is 0.221 e. The van der Waals surface area contributed by atoms with E-state index in [1.54, 1.807) is 22.9 Å². The molecular formula is C16H12FN3O2. The Morgan fingerprint density at radius 2 is 2.23 bits per heavy atom. The molecule has 0 saturated carbocycles. The van der Waals surface area contributed by atoms with Crippen molar-refractivity contribution in [2.75, 3.05) is 7.11 Å². The number of aromatic hydroxyl groups is 1. The number of hydrogen-bond acceptors (Lipinski definition) is 4. The van der Waals surface area contributed by atoms with Crippen molar-refractivity contribution in [2.45, 2.75) is 6.04 Å². The summed E-state index contributed by atoms with van der Waals surface area (Å²) in [5.74, 6) is 0.332. The highest BCUT2D eigenvalue weighted by atomic mass is 19.1. The van der Waals surface area contributed by atoms with Gasteiger partial charge in [-0.15, -0.1) is 0 Å². The molecule has 0 bridgehead atoms. The molecule has 0 radical (unpaired) electrons. The molecule has 1 atom stereocenters. The second-order valence-corrected chi connectivity index (χ2v) is 5.04. The van der Waals surface area contributed by atoms with Crippen LogP contribution in [0, 0.1) is 5.82 Å². The number of methoxy groups -OCH3 is 1. The van der Waals surface area contributed by atoms with Crippen LogP contribution in [0.3, 0.4) is 0 Å². The number of aromatic nitrogens is 2. The topological polar surface area (TPSA) is 59.6 Å². The molecule has 1 aromatic heterocycles. The molecule has 1 aliphatic heterocycles. The van der Waals surface area contributed by atoms with Crippen molar-refractivity contribution in [2.24, 2.45) is 4.99 Å². The maximum absolute atomic E-state index is 14.2. The lowest BCUT2D eigenvalue weighted by atomic mass is 10.1. The minimum Gasteiger partial charge on any atom is -0.497 e. The van der Waals surface area contributed by atoms with Crippen molar-refractivity contribution in [1.29, 1.82) is 0 Å². The van der Waals surface area contributed by atoms with Gasteiger partial charge in [0.2, 0.25) is 5.88 Å². The van der Waals surface area contributed by atoms with E-state index in [0.29, 0.717) is 11.6 Å². The summed E-state index contributed by atoms with van der Waals surface area (Å²) in [6.45, 7) is 0. The number of imidazole rings is 1. The molecule has 6 heteroatoms. The van der Waals surface area contributed by atoms with E-state index < -0.39 is 5.82 Å². The molecule has 1 unspecified atom stereocenters. The summed E-state index contributed by atoms with van der Waals surface area (Å²) in [6.07, 6.45) is 7.22. The van der Waals surface area contributed by atoms with Gasteiger partial charge in [-0.2, -0.15) is 0 Å². The largest absolute Gasteiger partial charge is 0.497 e. The number of benzene rings is 1. The molecule has 1 aliphatic carbocycles. The monoisotopic (exact) mass is 297 g/mol. The highest BCUT2D eigenvalue weighted by molar-refractivity contribution is 5.82. The van der Waals surface area contributed by atoms with Crippen LogP contribution in [-0.2, 0) is 0 Å². The number of allylic oxidation sites excluding steroid dienone is 3. The van der Waals surface area contributed by atoms with E-state index in [9.17, 15) is 9.50 Å². The molecule has 5 nitrogen and oxygen atoms in total. The lowest BCUT2D eigenvalue weighted by Crippen LogP contribution is -2.14. The number of aliphatic imine (C=N–C) groups is 1. The number of ether oxygens (including phenoxy) is 1. The van der Waals surface area contributed by atoms with E-state index in [2.05, 4.69) is 9.98 Å². The summed E-state index contributed by atoms with van der Waals surface area (Å²) < 4.78 is 20.9. The summed E-state index contributed by atoms with van der Waals surface area (Å²) in [5.41, 5.74) is 1.24. The van der Waals surface area contributed by atoms with Crippen LogP contribution in [-0.4, -0.2) is 28.0 Å². The molecule has 0 fully saturated rings. The van der Waals surface area contributed by atoms with Crippen LogP contribution in [0.25, 0.3) is 11.3 Å². The highest BCUT2D eigenvalue weighted by Gasteiger charge is 2.29. The van der Waals surface area contributed by atoms with Crippen LogP contribution >= 0.6 is 0 Å². The lowest BCUT2D eigenvalue weighted by Gasteiger charge is -2.18. The van der Waals surface area contributed by atoms with Gasteiger partial charge in [-0.3, -0.25) is 9.56 Å². The van der Waals surface area contributed by atoms with Crippen molar-refractivity contribution in [3.8, 4) is 22.9 Å². The van der Waals surface area contributed by atoms with Gasteiger partial charge in [-0.1, -0.05) is 12.2 Å². The third kappa shape index (κ3) is 1.70. The second kappa shape index (κ2) is 4.56. The normalized spacial score (nSPS) is 18.1. The molecule has 2 heterocycles. The molecule has 2 aliphatic rings. The van der Waals surface area contributed by atoms with Gasteiger partial charge < -0.3 is 9.84 Å². The number of hydrogen-bond donors (Lipinski definition) is 1. The van der Waals surface area contributed by atoms with Gasteiger partial charge in [0.15, 0.2) is 5.82 Å². The predicted molar refractivity (Wildman–Crippen MR) is 79.7 cm³/mol. The van der Waals surface area contributed by atoms with Crippen LogP contribution in [0.4, 0.5) is 4.39 Å². The zero-order valence-corrected chi connectivity index (χ0v) is 11.7. The third-order valence-corrected chi connectivity index (χ3v) is 3.82. The number of nitrogens with zero attached hydrogens (tertiary/aromatic N) is 3. The van der Waals surface area contributed by atoms with Crippen molar-refractivity contribution in [3.05, 3.63) is 53.8 Å². The Morgan fingerprint density at radius 1 is 1.36 bits per heavy atom. The zero-order chi connectivity index (χ0) is 15.3. The molecular weight excluding hydrogens is 285 g/mol. The van der Waals surface area contributed by atoms with E-state index in [1.807, 2.05) is 18.2 Å². The summed E-state index contributed by atoms with van der Waals surface area (Å²) in [6, 6.07) is 4.25. The number of fused-ring (bicyclic) bond motifs is 3. The van der Waals surface area contributed by atoms with Gasteiger partial charge in [0.1, 0.15) is 17.3 Å². The number of halogens is 1. The van der Waals surface area contributed by atoms with E-state index in [-0.39, 0.29) is 23.2 Å². The van der Waals surface area contributed by atoms with Gasteiger partial charge in [-0.05, 0) is 18.2 Å². The first-order valence-corrected chi connectivity index (χ1v) is 6.76. The minimum absolute atomic E-state index is 0.0762. The van der Waals surface area contributed by atoms with Crippen molar-refractivity contribution in [3.63, 3.8) is 0 Å². The zero-order valence-electron chi connectivity index (χ0n) is 11.7. The van der Waals surface area contributed by atoms with Crippen LogP contribution in [0.1, 0.15) is 11.9 Å². The second-order valence-electron chi connectivity index (χ2n) is 5.04. The SMILES string of the molecule is COc1ccc(-c2nc3n(c2O)C2C=CC=C2N=C3)c(F)c1. The molecule has 0 saturated heterocycles. The van der Waals surface area contributed by atoms with Crippen LogP contribution in [0.2, 0.25) is 0 Å². The number of rotatable bonds is 2. The molecule has 2 aromatic rings. The Balaban J connectivity index is 1.87. The van der Waals surface area contributed by atoms with Crippen LogP contribution < -0.4 is 4.74 Å². The molecule has 4 rings (SSSR count). The Morgan fingerprint density at radius 3 is 3.00 bits per heavy atom. The Kier molecular flexibility index (Phi) is 2.66. The first kappa shape index (κ1) is 12.8. The highest BCUT2D eigenvalue weighted by Crippen LogP contribution is 2.39. The fraction of sp³-hybridized carbons (Fsp3) is 0.125. The smallest absolute Gasteiger partial charge is 0.221 e. The average molecular weight is 297 g/mol. The predicted octanol–water partition coefficient (Wildman–Crippen LogP) is 2.83. The quantitative estimate of drug-likeness (QED) is 0.927. The molecule has 110 valence electrons. The van der Waals surface area contributed by atoms with E-state index in [4.69, 9.17) is 4.74 Å². The van der Waals surface area contributed by atoms with E-state index >= 15 is 0 Å². The van der Waals surface area contributed by atoms with E-state index in [0.717, 1.165) is 5.70 Å². The summed E-state index contributed by atoms with van der Waals surface area (Å²) >= 11 is 0. The van der Waals surface area contributed by atoms with E-state index in [1.165, 1.54) is 13.2 Å². The Hall–Kier alpha value is -2.89. The fourth-order valence-corrected chi connectivity index (χ4v) is 2.73. The third-order valence-electron chi connectivity index (χ3n) is 3.82. The average Bonchev–Trinajstić information content (AvgIpc) is 3.11. The standard InChI is InChI=1S/C16H12FN3O2/c1-22-9-5-6-10(11(17)7-9)15-16(21)20-13-4-2-3-12(13)18-8-14(20)19-15/h2-8,13,21H,1H3. The van der Waals surface area contributed by atoms with Gasteiger partial charge in [-0.25, -0.2) is 9.37 Å². The van der Waals surface area contributed by atoms with Gasteiger partial charge >= 0.3 is 0 Å². The van der Waals surface area contributed by atoms with Crippen molar-refractivity contribution >= 4 is 6.21 Å². The Labute approximate surface area is 125 Å². The molecule has 0 spiro atoms. The van der Waals surface area contributed by atoms with Crippen molar-refractivity contribution in [1.82, 2.24) is 9.55 Å². The summed E-state index contributed by atoms with van der Waals surface area (Å²) in [7, 11) is 1.47. The summed E-state index contributed by atoms with van der Waals surface area (Å²) in [5, 5.41) is 10.5. The van der Waals surface area contributed by atoms with Crippen LogP contribution in [0.15, 0.2) is 47.1 Å². The first-order chi connectivity index (χ1) is 10.7. The molecule has 1 N–H and O–H groups in total. The minimum atomic E-state index is -0.500. The van der Waals surface area contributed by atoms with Gasteiger partial charge in [0.25, 0.3) is 0 Å². The Bertz CT molecular complexity index is 865. The van der Waals surface area contributed by atoms with Gasteiger partial charge in [0, 0.05) is 11.6 Å². The first-order valence-electron chi connectivity index (χ1n) is 6.76. The fourth-order valence-electron chi connectivity index (χ4n) is 2.73. The lowest BCUT2D eigenvalue weighted by molar-refractivity contribution is 0.410. The molecule has 0 amide bonds. The van der Waals surface area contributed by atoms with Crippen LogP contribution in [0.5, 0.6) is 11.6 Å². The van der Waals surface area contributed by atoms with Crippen molar-refractivity contribution < 1.29 is 14.2 Å². The van der Waals surface area contributed by atoms with Gasteiger partial charge in [0.05, 0.1) is 25.1 Å². The molecule has 1 aromatic carbocycles. The molecule has 22 heavy (non-hydrogen) atoms. The maximum atomic E-state index is 14.2. The summed E-state index contributed by atoms with van der Waals surface area (Å²) in [4.78, 5) is 8.62.